The first kappa shape index (κ1) is 28.0. The van der Waals surface area contributed by atoms with Crippen molar-refractivity contribution in [3.05, 3.63) is 53.6 Å². The molecule has 6 nitrogen and oxygen atoms in total. The number of benzene rings is 2. The van der Waals surface area contributed by atoms with E-state index in [1.807, 2.05) is 17.0 Å². The number of rotatable bonds is 5. The predicted molar refractivity (Wildman–Crippen MR) is 166 cm³/mol. The summed E-state index contributed by atoms with van der Waals surface area (Å²) >= 11 is 0. The van der Waals surface area contributed by atoms with E-state index < -0.39 is 0 Å². The molecule has 7 rings (SSSR count). The molecule has 2 aromatic carbocycles. The third kappa shape index (κ3) is 4.82. The zero-order chi connectivity index (χ0) is 27.1. The van der Waals surface area contributed by atoms with Crippen LogP contribution in [0.15, 0.2) is 42.5 Å². The summed E-state index contributed by atoms with van der Waals surface area (Å²) < 4.78 is 10.5. The van der Waals surface area contributed by atoms with Gasteiger partial charge < -0.3 is 18.8 Å². The molecule has 2 fully saturated rings. The normalized spacial score (nSPS) is 16.6. The fourth-order valence-electron chi connectivity index (χ4n) is 6.06. The summed E-state index contributed by atoms with van der Waals surface area (Å²) in [6, 6.07) is 13.3. The summed E-state index contributed by atoms with van der Waals surface area (Å²) in [6.45, 7) is 5.90. The van der Waals surface area contributed by atoms with Crippen molar-refractivity contribution in [1.29, 1.82) is 0 Å². The number of aryl methyl sites for hydroxylation is 1. The van der Waals surface area contributed by atoms with Crippen LogP contribution >= 0.6 is 0 Å². The lowest BCUT2D eigenvalue weighted by Gasteiger charge is -2.26. The Morgan fingerprint density at radius 3 is 2.40 bits per heavy atom. The van der Waals surface area contributed by atoms with Crippen molar-refractivity contribution in [2.24, 2.45) is 7.05 Å². The van der Waals surface area contributed by atoms with Crippen LogP contribution in [0.1, 0.15) is 94.6 Å². The minimum atomic E-state index is 0. The minimum absolute atomic E-state index is 0. The average Bonchev–Trinajstić information content (AvgIpc) is 3.61. The maximum atomic E-state index is 13.3. The fraction of sp³-hybridized carbons (Fsp3) is 0.471. The van der Waals surface area contributed by atoms with Crippen LogP contribution in [-0.4, -0.2) is 45.1 Å². The molecule has 4 aromatic rings. The van der Waals surface area contributed by atoms with Crippen molar-refractivity contribution in [1.82, 2.24) is 19.0 Å². The van der Waals surface area contributed by atoms with E-state index in [4.69, 9.17) is 9.72 Å². The Labute approximate surface area is 238 Å². The third-order valence-electron chi connectivity index (χ3n) is 8.20. The first-order chi connectivity index (χ1) is 19.0. The van der Waals surface area contributed by atoms with Gasteiger partial charge in [0.2, 0.25) is 0 Å². The van der Waals surface area contributed by atoms with Crippen molar-refractivity contribution in [2.45, 2.75) is 78.7 Å². The van der Waals surface area contributed by atoms with E-state index in [2.05, 4.69) is 60.4 Å². The molecule has 40 heavy (non-hydrogen) atoms. The van der Waals surface area contributed by atoms with Crippen LogP contribution in [-0.2, 0) is 7.05 Å². The van der Waals surface area contributed by atoms with Gasteiger partial charge in [0, 0.05) is 42.7 Å². The summed E-state index contributed by atoms with van der Waals surface area (Å²) in [5.41, 5.74) is 7.69. The molecule has 0 radical (unpaired) electrons. The number of carbonyl (C=O) groups is 1. The number of amides is 1. The Bertz CT molecular complexity index is 1560. The molecule has 2 aliphatic carbocycles. The summed E-state index contributed by atoms with van der Waals surface area (Å²) in [5, 5.41) is 1.27. The number of methoxy groups -OCH3 is 1. The number of imidazole rings is 1. The predicted octanol–water partition coefficient (Wildman–Crippen LogP) is 8.39. The molecule has 0 spiro atoms. The van der Waals surface area contributed by atoms with Gasteiger partial charge in [-0.3, -0.25) is 4.79 Å². The first-order valence-corrected chi connectivity index (χ1v) is 14.7. The van der Waals surface area contributed by atoms with E-state index in [9.17, 15) is 4.79 Å². The molecule has 3 heterocycles. The molecule has 0 unspecified atom stereocenters. The maximum Gasteiger partial charge on any atom is 0.254 e. The van der Waals surface area contributed by atoms with Gasteiger partial charge in [-0.1, -0.05) is 52.0 Å². The van der Waals surface area contributed by atoms with Crippen molar-refractivity contribution in [3.8, 4) is 17.3 Å². The molecule has 0 bridgehead atoms. The van der Waals surface area contributed by atoms with Gasteiger partial charge in [-0.25, -0.2) is 4.98 Å². The Balaban J connectivity index is 0.000000774. The number of piperidine rings is 1. The minimum Gasteiger partial charge on any atom is -0.494 e. The van der Waals surface area contributed by atoms with Crippen LogP contribution in [0.5, 0.6) is 5.75 Å². The Morgan fingerprint density at radius 2 is 1.77 bits per heavy atom. The lowest BCUT2D eigenvalue weighted by molar-refractivity contribution is 0.0724. The number of likely N-dealkylation sites (tertiary alicyclic amines) is 1. The second-order valence-corrected chi connectivity index (χ2v) is 11.2. The van der Waals surface area contributed by atoms with E-state index in [1.54, 1.807) is 7.11 Å². The number of para-hydroxylation sites is 1. The van der Waals surface area contributed by atoms with Crippen LogP contribution < -0.4 is 4.74 Å². The Kier molecular flexibility index (Phi) is 8.07. The molecule has 1 saturated carbocycles. The van der Waals surface area contributed by atoms with Crippen LogP contribution in [0, 0.1) is 0 Å². The number of carbonyl (C=O) groups excluding carboxylic acids is 1. The highest BCUT2D eigenvalue weighted by molar-refractivity contribution is 6.01. The van der Waals surface area contributed by atoms with Crippen molar-refractivity contribution in [2.75, 3.05) is 20.2 Å². The molecule has 1 amide bonds. The Hall–Kier alpha value is -3.54. The van der Waals surface area contributed by atoms with E-state index in [1.165, 1.54) is 54.1 Å². The van der Waals surface area contributed by atoms with Gasteiger partial charge in [0.15, 0.2) is 5.82 Å². The van der Waals surface area contributed by atoms with E-state index >= 15 is 0 Å². The lowest BCUT2D eigenvalue weighted by Crippen LogP contribution is -2.35. The van der Waals surface area contributed by atoms with Gasteiger partial charge in [-0.2, -0.15) is 0 Å². The molecule has 0 atom stereocenters. The van der Waals surface area contributed by atoms with Gasteiger partial charge in [-0.15, -0.1) is 0 Å². The third-order valence-corrected chi connectivity index (χ3v) is 8.20. The monoisotopic (exact) mass is 540 g/mol. The summed E-state index contributed by atoms with van der Waals surface area (Å²) in [7, 11) is 3.74. The summed E-state index contributed by atoms with van der Waals surface area (Å²) in [4.78, 5) is 20.4. The second kappa shape index (κ2) is 11.5. The fourth-order valence-corrected chi connectivity index (χ4v) is 6.06. The number of hydrogen-bond acceptors (Lipinski definition) is 3. The van der Waals surface area contributed by atoms with Gasteiger partial charge in [0.05, 0.1) is 23.8 Å². The largest absolute Gasteiger partial charge is 0.494 e. The first-order valence-electron chi connectivity index (χ1n) is 14.7. The molecule has 6 heteroatoms. The number of ether oxygens (including phenoxy) is 1. The molecule has 0 N–H and O–H groups in total. The molecule has 1 saturated heterocycles. The Morgan fingerprint density at radius 1 is 1.05 bits per heavy atom. The van der Waals surface area contributed by atoms with Gasteiger partial charge in [-0.05, 0) is 68.7 Å². The highest BCUT2D eigenvalue weighted by atomic mass is 16.5. The van der Waals surface area contributed by atoms with Crippen molar-refractivity contribution >= 4 is 33.4 Å². The quantitative estimate of drug-likeness (QED) is 0.255. The smallest absolute Gasteiger partial charge is 0.254 e. The SMILES string of the molecule is C.CCC.COc1cc(C(=O)N2CCCCC2)cc2nc(-c3cc4cccc(C5=CCC5)c4n3C3CC3)n(C)c12. The number of fused-ring (bicyclic) bond motifs is 2. The number of nitrogens with zero attached hydrogens (tertiary/aromatic N) is 4. The topological polar surface area (TPSA) is 52.3 Å². The molecule has 212 valence electrons. The molecular formula is C34H44N4O2. The van der Waals surface area contributed by atoms with Crippen molar-refractivity contribution < 1.29 is 9.53 Å². The van der Waals surface area contributed by atoms with E-state index in [0.717, 1.165) is 54.9 Å². The number of aromatic nitrogens is 3. The molecule has 3 aliphatic rings. The molecule has 2 aromatic heterocycles. The van der Waals surface area contributed by atoms with Gasteiger partial charge in [0.1, 0.15) is 11.3 Å². The maximum absolute atomic E-state index is 13.3. The zero-order valence-electron chi connectivity index (χ0n) is 23.8. The number of hydrogen-bond donors (Lipinski definition) is 0. The highest BCUT2D eigenvalue weighted by Crippen LogP contribution is 2.46. The summed E-state index contributed by atoms with van der Waals surface area (Å²) in [5.74, 6) is 1.69. The van der Waals surface area contributed by atoms with Crippen LogP contribution in [0.3, 0.4) is 0 Å². The zero-order valence-corrected chi connectivity index (χ0v) is 23.8. The second-order valence-electron chi connectivity index (χ2n) is 11.2. The van der Waals surface area contributed by atoms with Gasteiger partial charge >= 0.3 is 0 Å². The molecule has 1 aliphatic heterocycles. The lowest BCUT2D eigenvalue weighted by atomic mass is 9.91. The van der Waals surface area contributed by atoms with Crippen LogP contribution in [0.2, 0.25) is 0 Å². The van der Waals surface area contributed by atoms with Crippen LogP contribution in [0.25, 0.3) is 39.0 Å². The average molecular weight is 541 g/mol. The molecular weight excluding hydrogens is 496 g/mol. The highest BCUT2D eigenvalue weighted by Gasteiger charge is 2.31. The van der Waals surface area contributed by atoms with E-state index in [0.29, 0.717) is 17.4 Å². The number of allylic oxidation sites excluding steroid dienone is 2. The van der Waals surface area contributed by atoms with Gasteiger partial charge in [0.25, 0.3) is 5.91 Å². The van der Waals surface area contributed by atoms with Crippen LogP contribution in [0.4, 0.5) is 0 Å². The summed E-state index contributed by atoms with van der Waals surface area (Å²) in [6.07, 6.45) is 11.7. The van der Waals surface area contributed by atoms with Crippen molar-refractivity contribution in [3.63, 3.8) is 0 Å². The van der Waals surface area contributed by atoms with E-state index in [-0.39, 0.29) is 13.3 Å². The standard InChI is InChI=1S/C30H32N4O2.C3H8.CH4/c1-32-28-24(16-21(18-26(28)36-2)30(35)33-14-4-3-5-15-33)31-29(32)25-17-20-10-7-11-23(19-8-6-9-19)27(20)34(25)22-12-13-22;1-3-2;/h7-8,10-11,16-18,22H,3-6,9,12-15H2,1-2H3;3H2,1-2H3;1H4.